The normalized spacial score (nSPS) is 10.4. The second kappa shape index (κ2) is 12.6. The molecule has 0 aliphatic rings. The van der Waals surface area contributed by atoms with Gasteiger partial charge in [0.15, 0.2) is 11.6 Å². The van der Waals surface area contributed by atoms with E-state index >= 15 is 0 Å². The van der Waals surface area contributed by atoms with Crippen molar-refractivity contribution in [3.63, 3.8) is 0 Å². The van der Waals surface area contributed by atoms with Gasteiger partial charge in [0.1, 0.15) is 0 Å². The second-order valence-electron chi connectivity index (χ2n) is 9.23. The van der Waals surface area contributed by atoms with E-state index in [0.29, 0.717) is 0 Å². The molecule has 0 saturated carbocycles. The zero-order valence-corrected chi connectivity index (χ0v) is 22.5. The minimum absolute atomic E-state index is 0.00338. The van der Waals surface area contributed by atoms with Crippen molar-refractivity contribution in [2.24, 2.45) is 0 Å². The molecule has 13 nitrogen and oxygen atoms in total. The SMILES string of the molecule is O=C(O)c1ccc(C(=O)c2ccc(C(=O)O)c(C(=O)OC(=O)c3cc(C(=O)c4ccc(C(=O)O)cc4)ccc3C(=O)O)c2)cc1. The van der Waals surface area contributed by atoms with Crippen LogP contribution in [0.5, 0.6) is 0 Å². The Morgan fingerprint density at radius 1 is 0.356 bits per heavy atom. The highest BCUT2D eigenvalue weighted by Gasteiger charge is 2.27. The zero-order chi connectivity index (χ0) is 33.0. The molecule has 45 heavy (non-hydrogen) atoms. The molecule has 0 aliphatic carbocycles. The molecular weight excluding hydrogens is 592 g/mol. The van der Waals surface area contributed by atoms with E-state index < -0.39 is 69.6 Å². The summed E-state index contributed by atoms with van der Waals surface area (Å²) in [6.07, 6.45) is 0. The summed E-state index contributed by atoms with van der Waals surface area (Å²) in [5.74, 6) is -10.2. The third-order valence-electron chi connectivity index (χ3n) is 6.44. The summed E-state index contributed by atoms with van der Waals surface area (Å²) in [5, 5.41) is 37.3. The van der Waals surface area contributed by atoms with Gasteiger partial charge in [-0.3, -0.25) is 9.59 Å². The number of esters is 2. The molecule has 4 aromatic carbocycles. The van der Waals surface area contributed by atoms with Crippen LogP contribution >= 0.6 is 0 Å². The summed E-state index contributed by atoms with van der Waals surface area (Å²) in [6.45, 7) is 0. The molecular formula is C32H18O13. The van der Waals surface area contributed by atoms with Crippen molar-refractivity contribution in [1.29, 1.82) is 0 Å². The molecule has 224 valence electrons. The number of ketones is 2. The summed E-state index contributed by atoms with van der Waals surface area (Å²) < 4.78 is 4.81. The third kappa shape index (κ3) is 6.67. The van der Waals surface area contributed by atoms with Gasteiger partial charge in [0.25, 0.3) is 0 Å². The molecule has 0 fully saturated rings. The predicted octanol–water partition coefficient (Wildman–Crippen LogP) is 3.94. The smallest absolute Gasteiger partial charge is 0.346 e. The Balaban J connectivity index is 1.66. The van der Waals surface area contributed by atoms with E-state index in [2.05, 4.69) is 0 Å². The van der Waals surface area contributed by atoms with Gasteiger partial charge >= 0.3 is 35.8 Å². The number of hydrogen-bond donors (Lipinski definition) is 4. The highest BCUT2D eigenvalue weighted by molar-refractivity contribution is 6.15. The van der Waals surface area contributed by atoms with E-state index in [1.165, 1.54) is 48.5 Å². The van der Waals surface area contributed by atoms with Crippen LogP contribution in [-0.4, -0.2) is 67.8 Å². The highest BCUT2D eigenvalue weighted by Crippen LogP contribution is 2.21. The van der Waals surface area contributed by atoms with Crippen molar-refractivity contribution < 1.29 is 63.5 Å². The molecule has 0 unspecified atom stereocenters. The van der Waals surface area contributed by atoms with Crippen molar-refractivity contribution >= 4 is 47.4 Å². The first-order chi connectivity index (χ1) is 21.3. The standard InChI is InChI=1S/C32H18O13/c33-25(15-1-5-17(6-2-15)27(35)36)19-9-11-21(29(39)40)23(13-19)31(43)45-32(44)24-14-20(10-12-22(24)30(41)42)26(34)16-3-7-18(8-4-16)28(37)38/h1-14H,(H,35,36)(H,37,38)(H,39,40)(H,41,42). The molecule has 0 radical (unpaired) electrons. The number of aromatic carboxylic acids is 4. The molecule has 0 aromatic heterocycles. The van der Waals surface area contributed by atoms with Crippen LogP contribution in [0.15, 0.2) is 84.9 Å². The summed E-state index contributed by atoms with van der Waals surface area (Å²) in [6, 6.07) is 15.2. The first-order valence-electron chi connectivity index (χ1n) is 12.6. The van der Waals surface area contributed by atoms with Crippen LogP contribution in [0.1, 0.15) is 94.0 Å². The zero-order valence-electron chi connectivity index (χ0n) is 22.5. The molecule has 0 spiro atoms. The lowest BCUT2D eigenvalue weighted by atomic mass is 9.97. The van der Waals surface area contributed by atoms with Crippen molar-refractivity contribution in [3.8, 4) is 0 Å². The molecule has 0 atom stereocenters. The number of carbonyl (C=O) groups is 8. The number of benzene rings is 4. The topological polar surface area (TPSA) is 227 Å². The lowest BCUT2D eigenvalue weighted by molar-refractivity contribution is 0.0386. The number of carbonyl (C=O) groups excluding carboxylic acids is 4. The Morgan fingerprint density at radius 2 is 0.644 bits per heavy atom. The Kier molecular flexibility index (Phi) is 8.75. The molecule has 4 N–H and O–H groups in total. The highest BCUT2D eigenvalue weighted by atomic mass is 16.6. The van der Waals surface area contributed by atoms with Gasteiger partial charge in [-0.1, -0.05) is 36.4 Å². The number of carboxylic acids is 4. The molecule has 13 heteroatoms. The summed E-state index contributed by atoms with van der Waals surface area (Å²) in [4.78, 5) is 97.8. The molecule has 0 saturated heterocycles. The Bertz CT molecular complexity index is 1790. The summed E-state index contributed by atoms with van der Waals surface area (Å²) in [7, 11) is 0. The summed E-state index contributed by atoms with van der Waals surface area (Å²) >= 11 is 0. The first-order valence-corrected chi connectivity index (χ1v) is 12.6. The number of ether oxygens (including phenoxy) is 1. The first kappa shape index (κ1) is 31.2. The number of carboxylic acid groups (broad SMARTS) is 4. The number of rotatable bonds is 10. The maximum atomic E-state index is 13.0. The minimum atomic E-state index is -1.62. The second-order valence-corrected chi connectivity index (χ2v) is 9.23. The molecule has 4 aromatic rings. The van der Waals surface area contributed by atoms with E-state index in [-0.39, 0.29) is 33.4 Å². The maximum absolute atomic E-state index is 13.0. The average Bonchev–Trinajstić information content (AvgIpc) is 3.03. The lowest BCUT2D eigenvalue weighted by Gasteiger charge is -2.11. The maximum Gasteiger partial charge on any atom is 0.346 e. The number of hydrogen-bond acceptors (Lipinski definition) is 9. The van der Waals surface area contributed by atoms with Crippen molar-refractivity contribution in [1.82, 2.24) is 0 Å². The average molecular weight is 610 g/mol. The van der Waals surface area contributed by atoms with Crippen LogP contribution < -0.4 is 0 Å². The van der Waals surface area contributed by atoms with E-state index in [0.717, 1.165) is 36.4 Å². The van der Waals surface area contributed by atoms with Gasteiger partial charge in [0, 0.05) is 22.3 Å². The van der Waals surface area contributed by atoms with Crippen LogP contribution in [0.4, 0.5) is 0 Å². The van der Waals surface area contributed by atoms with Crippen molar-refractivity contribution in [2.75, 3.05) is 0 Å². The van der Waals surface area contributed by atoms with Gasteiger partial charge in [-0.2, -0.15) is 0 Å². The van der Waals surface area contributed by atoms with E-state index in [4.69, 9.17) is 14.9 Å². The van der Waals surface area contributed by atoms with E-state index in [1.54, 1.807) is 0 Å². The molecule has 0 aliphatic heterocycles. The third-order valence-corrected chi connectivity index (χ3v) is 6.44. The van der Waals surface area contributed by atoms with Crippen molar-refractivity contribution in [3.05, 3.63) is 141 Å². The van der Waals surface area contributed by atoms with Gasteiger partial charge in [0.2, 0.25) is 0 Å². The van der Waals surface area contributed by atoms with Crippen LogP contribution in [-0.2, 0) is 4.74 Å². The lowest BCUT2D eigenvalue weighted by Crippen LogP contribution is -2.20. The Morgan fingerprint density at radius 3 is 0.933 bits per heavy atom. The van der Waals surface area contributed by atoms with Gasteiger partial charge in [0.05, 0.1) is 33.4 Å². The van der Waals surface area contributed by atoms with Gasteiger partial charge in [-0.05, 0) is 48.5 Å². The van der Waals surface area contributed by atoms with Gasteiger partial charge in [-0.25, -0.2) is 28.8 Å². The minimum Gasteiger partial charge on any atom is -0.478 e. The summed E-state index contributed by atoms with van der Waals surface area (Å²) in [5.41, 5.74) is -3.39. The molecule has 0 heterocycles. The van der Waals surface area contributed by atoms with E-state index in [9.17, 15) is 48.6 Å². The molecule has 0 amide bonds. The molecule has 4 rings (SSSR count). The van der Waals surface area contributed by atoms with Crippen LogP contribution in [0, 0.1) is 0 Å². The monoisotopic (exact) mass is 610 g/mol. The quantitative estimate of drug-likeness (QED) is 0.113. The Hall–Kier alpha value is -6.76. The fourth-order valence-electron chi connectivity index (χ4n) is 4.14. The van der Waals surface area contributed by atoms with Gasteiger partial charge in [-0.15, -0.1) is 0 Å². The van der Waals surface area contributed by atoms with Crippen LogP contribution in [0.2, 0.25) is 0 Å². The largest absolute Gasteiger partial charge is 0.478 e. The fraction of sp³-hybridized carbons (Fsp3) is 0. The Labute approximate surface area is 251 Å². The van der Waals surface area contributed by atoms with Crippen LogP contribution in [0.25, 0.3) is 0 Å². The van der Waals surface area contributed by atoms with Crippen LogP contribution in [0.3, 0.4) is 0 Å². The molecule has 0 bridgehead atoms. The van der Waals surface area contributed by atoms with Crippen molar-refractivity contribution in [2.45, 2.75) is 0 Å². The predicted molar refractivity (Wildman–Crippen MR) is 150 cm³/mol. The van der Waals surface area contributed by atoms with Gasteiger partial charge < -0.3 is 25.2 Å². The van der Waals surface area contributed by atoms with E-state index in [1.807, 2.05) is 0 Å². The fourth-order valence-corrected chi connectivity index (χ4v) is 4.14.